The Labute approximate surface area is 131 Å². The lowest BCUT2D eigenvalue weighted by molar-refractivity contribution is 0.122. The van der Waals surface area contributed by atoms with Crippen molar-refractivity contribution in [2.24, 2.45) is 0 Å². The molecule has 0 rings (SSSR count). The van der Waals surface area contributed by atoms with Gasteiger partial charge in [-0.15, -0.1) is 9.34 Å². The van der Waals surface area contributed by atoms with Gasteiger partial charge < -0.3 is 0 Å². The summed E-state index contributed by atoms with van der Waals surface area (Å²) in [7, 11) is -2.93. The number of nitrogens with zero attached hydrogens (tertiary/aromatic N) is 3. The Bertz CT molecular complexity index is 304. The zero-order chi connectivity index (χ0) is 16.8. The second-order valence-corrected chi connectivity index (χ2v) is 8.60. The largest absolute Gasteiger partial charge is 0.434 e. The first-order chi connectivity index (χ1) is 9.59. The zero-order valence-corrected chi connectivity index (χ0v) is 15.8. The van der Waals surface area contributed by atoms with Crippen LogP contribution in [0.5, 0.6) is 0 Å². The molecule has 0 saturated heterocycles. The summed E-state index contributed by atoms with van der Waals surface area (Å²) in [4.78, 5) is 11.5. The maximum Gasteiger partial charge on any atom is 0.434 e. The van der Waals surface area contributed by atoms with Crippen LogP contribution in [0.3, 0.4) is 0 Å². The van der Waals surface area contributed by atoms with Crippen molar-refractivity contribution in [2.45, 2.75) is 86.0 Å². The van der Waals surface area contributed by atoms with E-state index in [1.807, 2.05) is 0 Å². The molecule has 6 heteroatoms. The van der Waals surface area contributed by atoms with E-state index in [2.05, 4.69) is 70.8 Å². The molecule has 0 atom stereocenters. The molecule has 0 fully saturated rings. The van der Waals surface area contributed by atoms with E-state index < -0.39 is 8.02 Å². The van der Waals surface area contributed by atoms with Crippen molar-refractivity contribution in [3.63, 3.8) is 0 Å². The van der Waals surface area contributed by atoms with Gasteiger partial charge in [-0.3, -0.25) is 0 Å². The highest BCUT2D eigenvalue weighted by Crippen LogP contribution is 2.65. The molecule has 21 heavy (non-hydrogen) atoms. The highest BCUT2D eigenvalue weighted by molar-refractivity contribution is 7.60. The summed E-state index contributed by atoms with van der Waals surface area (Å²) >= 11 is 0. The van der Waals surface area contributed by atoms with Crippen molar-refractivity contribution >= 4 is 8.02 Å². The SMILES string of the molecule is CC(C)N(C(C)C)[P+](O)(OCCC#N)N(C(C)C)C(C)C. The smallest absolute Gasteiger partial charge is 0.198 e. The molecule has 124 valence electrons. The van der Waals surface area contributed by atoms with Gasteiger partial charge in [-0.2, -0.15) is 14.7 Å². The second kappa shape index (κ2) is 9.02. The number of rotatable bonds is 9. The molecule has 0 amide bonds. The molecule has 0 saturated carbocycles. The van der Waals surface area contributed by atoms with Crippen molar-refractivity contribution < 1.29 is 9.42 Å². The maximum absolute atomic E-state index is 11.5. The Kier molecular flexibility index (Phi) is 8.92. The van der Waals surface area contributed by atoms with Crippen LogP contribution >= 0.6 is 8.02 Å². The first-order valence-electron chi connectivity index (χ1n) is 7.80. The second-order valence-electron chi connectivity index (χ2n) is 6.39. The van der Waals surface area contributed by atoms with Gasteiger partial charge in [-0.1, -0.05) is 0 Å². The lowest BCUT2D eigenvalue weighted by Crippen LogP contribution is -2.48. The van der Waals surface area contributed by atoms with Crippen LogP contribution in [0.15, 0.2) is 0 Å². The van der Waals surface area contributed by atoms with Crippen molar-refractivity contribution in [1.29, 1.82) is 5.26 Å². The third kappa shape index (κ3) is 5.47. The van der Waals surface area contributed by atoms with Gasteiger partial charge in [0.05, 0.1) is 12.5 Å². The molecule has 0 aromatic carbocycles. The van der Waals surface area contributed by atoms with E-state index in [-0.39, 0.29) is 37.2 Å². The summed E-state index contributed by atoms with van der Waals surface area (Å²) < 4.78 is 10.1. The van der Waals surface area contributed by atoms with E-state index in [1.165, 1.54) is 0 Å². The summed E-state index contributed by atoms with van der Waals surface area (Å²) in [6.45, 7) is 16.8. The molecule has 0 aliphatic heterocycles. The molecule has 0 radical (unpaired) electrons. The third-order valence-corrected chi connectivity index (χ3v) is 6.78. The quantitative estimate of drug-likeness (QED) is 0.517. The van der Waals surface area contributed by atoms with Gasteiger partial charge in [0.1, 0.15) is 6.61 Å². The average molecular weight is 318 g/mol. The Morgan fingerprint density at radius 3 is 1.48 bits per heavy atom. The Hall–Kier alpha value is -0.240. The van der Waals surface area contributed by atoms with Gasteiger partial charge in [0.25, 0.3) is 0 Å². The molecular weight excluding hydrogens is 285 g/mol. The Morgan fingerprint density at radius 1 is 0.905 bits per heavy atom. The van der Waals surface area contributed by atoms with Gasteiger partial charge in [-0.05, 0) is 55.4 Å². The van der Waals surface area contributed by atoms with E-state index in [1.54, 1.807) is 0 Å². The maximum atomic E-state index is 11.5. The number of hydrogen-bond donors (Lipinski definition) is 1. The van der Waals surface area contributed by atoms with Gasteiger partial charge >= 0.3 is 8.02 Å². The topological polar surface area (TPSA) is 59.7 Å². The highest BCUT2D eigenvalue weighted by Gasteiger charge is 2.57. The zero-order valence-electron chi connectivity index (χ0n) is 14.9. The fourth-order valence-electron chi connectivity index (χ4n) is 2.86. The Morgan fingerprint density at radius 2 is 1.24 bits per heavy atom. The van der Waals surface area contributed by atoms with Crippen LogP contribution < -0.4 is 0 Å². The van der Waals surface area contributed by atoms with Gasteiger partial charge in [0.15, 0.2) is 0 Å². The average Bonchev–Trinajstić information content (AvgIpc) is 2.26. The standard InChI is InChI=1S/C15H33N3O2P/c1-12(2)17(13(3)4)21(19,20-11-9-10-16)18(14(5)6)15(7)8/h12-15,19H,9,11H2,1-8H3/q+1. The van der Waals surface area contributed by atoms with Crippen LogP contribution in [0.2, 0.25) is 0 Å². The van der Waals surface area contributed by atoms with E-state index >= 15 is 0 Å². The molecule has 0 aromatic rings. The number of hydrogen-bond acceptors (Lipinski definition) is 5. The van der Waals surface area contributed by atoms with Crippen LogP contribution in [0, 0.1) is 11.3 Å². The minimum Gasteiger partial charge on any atom is -0.198 e. The van der Waals surface area contributed by atoms with Gasteiger partial charge in [0.2, 0.25) is 0 Å². The molecule has 1 N–H and O–H groups in total. The molecular formula is C15H33N3O2P+. The van der Waals surface area contributed by atoms with Crippen molar-refractivity contribution in [2.75, 3.05) is 6.61 Å². The van der Waals surface area contributed by atoms with Crippen LogP contribution in [0.1, 0.15) is 61.8 Å². The highest BCUT2D eigenvalue weighted by atomic mass is 31.2. The summed E-state index contributed by atoms with van der Waals surface area (Å²) in [5.74, 6) is 0. The fraction of sp³-hybridized carbons (Fsp3) is 0.933. The van der Waals surface area contributed by atoms with Crippen LogP contribution in [-0.4, -0.2) is 45.0 Å². The summed E-state index contributed by atoms with van der Waals surface area (Å²) in [5.41, 5.74) is 0. The molecule has 0 bridgehead atoms. The van der Waals surface area contributed by atoms with Gasteiger partial charge in [-0.25, -0.2) is 0 Å². The van der Waals surface area contributed by atoms with Crippen molar-refractivity contribution in [1.82, 2.24) is 9.34 Å². The molecule has 5 nitrogen and oxygen atoms in total. The lowest BCUT2D eigenvalue weighted by atomic mass is 10.3. The molecule has 0 aliphatic carbocycles. The normalized spacial score (nSPS) is 13.2. The van der Waals surface area contributed by atoms with Crippen LogP contribution in [0.4, 0.5) is 0 Å². The third-order valence-electron chi connectivity index (χ3n) is 3.20. The predicted octanol–water partition coefficient (Wildman–Crippen LogP) is 3.82. The van der Waals surface area contributed by atoms with E-state index in [9.17, 15) is 4.89 Å². The summed E-state index contributed by atoms with van der Waals surface area (Å²) in [6.07, 6.45) is 0.288. The van der Waals surface area contributed by atoms with E-state index in [0.717, 1.165) is 0 Å². The van der Waals surface area contributed by atoms with Crippen molar-refractivity contribution in [3.05, 3.63) is 0 Å². The predicted molar refractivity (Wildman–Crippen MR) is 89.5 cm³/mol. The monoisotopic (exact) mass is 318 g/mol. The lowest BCUT2D eigenvalue weighted by Gasteiger charge is -2.42. The van der Waals surface area contributed by atoms with Crippen LogP contribution in [-0.2, 0) is 4.52 Å². The molecule has 0 aliphatic rings. The van der Waals surface area contributed by atoms with E-state index in [0.29, 0.717) is 0 Å². The minimum absolute atomic E-state index is 0.158. The number of nitriles is 1. The molecule has 0 heterocycles. The van der Waals surface area contributed by atoms with E-state index in [4.69, 9.17) is 9.79 Å². The molecule has 0 aromatic heterocycles. The van der Waals surface area contributed by atoms with Crippen LogP contribution in [0.25, 0.3) is 0 Å². The molecule has 0 spiro atoms. The first kappa shape index (κ1) is 20.8. The van der Waals surface area contributed by atoms with Gasteiger partial charge in [0, 0.05) is 24.2 Å². The summed E-state index contributed by atoms with van der Waals surface area (Å²) in [5, 5.41) is 8.75. The fourth-order valence-corrected chi connectivity index (χ4v) is 6.11. The van der Waals surface area contributed by atoms with Crippen molar-refractivity contribution in [3.8, 4) is 6.07 Å². The first-order valence-corrected chi connectivity index (χ1v) is 9.37. The minimum atomic E-state index is -2.93. The Balaban J connectivity index is 5.67. The summed E-state index contributed by atoms with van der Waals surface area (Å²) in [6, 6.07) is 2.71. The molecule has 0 unspecified atom stereocenters.